The van der Waals surface area contributed by atoms with E-state index in [0.29, 0.717) is 22.4 Å². The molecule has 0 aliphatic heterocycles. The molecule has 0 fully saturated rings. The van der Waals surface area contributed by atoms with E-state index in [2.05, 4.69) is 38.1 Å². The van der Waals surface area contributed by atoms with Gasteiger partial charge in [-0.3, -0.25) is 0 Å². The Labute approximate surface area is 130 Å². The van der Waals surface area contributed by atoms with Crippen molar-refractivity contribution in [3.05, 3.63) is 69.2 Å². The van der Waals surface area contributed by atoms with Gasteiger partial charge in [-0.15, -0.1) is 0 Å². The van der Waals surface area contributed by atoms with Crippen LogP contribution >= 0.6 is 23.2 Å². The highest BCUT2D eigenvalue weighted by molar-refractivity contribution is 6.34. The predicted octanol–water partition coefficient (Wildman–Crippen LogP) is 5.39. The molecule has 1 N–H and O–H groups in total. The van der Waals surface area contributed by atoms with Gasteiger partial charge in [-0.25, -0.2) is 0 Å². The van der Waals surface area contributed by atoms with Crippen molar-refractivity contribution in [1.29, 1.82) is 0 Å². The fourth-order valence-corrected chi connectivity index (χ4v) is 2.69. The van der Waals surface area contributed by atoms with Crippen LogP contribution in [0.5, 0.6) is 0 Å². The number of hydrogen-bond donors (Lipinski definition) is 1. The molecule has 0 radical (unpaired) electrons. The van der Waals surface area contributed by atoms with E-state index in [0.717, 1.165) is 11.1 Å². The van der Waals surface area contributed by atoms with Crippen LogP contribution in [0.4, 0.5) is 0 Å². The first-order chi connectivity index (χ1) is 9.45. The first kappa shape index (κ1) is 15.4. The highest BCUT2D eigenvalue weighted by Gasteiger charge is 2.11. The van der Waals surface area contributed by atoms with E-state index in [1.54, 1.807) is 18.2 Å². The number of halogens is 2. The second-order valence-electron chi connectivity index (χ2n) is 5.32. The van der Waals surface area contributed by atoms with Gasteiger partial charge in [0.2, 0.25) is 0 Å². The summed E-state index contributed by atoms with van der Waals surface area (Å²) < 4.78 is 0. The lowest BCUT2D eigenvalue weighted by atomic mass is 9.97. The van der Waals surface area contributed by atoms with E-state index >= 15 is 0 Å². The number of hydrogen-bond acceptors (Lipinski definition) is 1. The fraction of sp³-hybridized carbons (Fsp3) is 0.294. The lowest BCUT2D eigenvalue weighted by molar-refractivity contribution is 0.178. The molecule has 0 bridgehead atoms. The Bertz CT molecular complexity index is 556. The van der Waals surface area contributed by atoms with Gasteiger partial charge in [0.25, 0.3) is 0 Å². The number of aliphatic hydroxyl groups excluding tert-OH is 1. The third kappa shape index (κ3) is 3.99. The topological polar surface area (TPSA) is 20.2 Å². The van der Waals surface area contributed by atoms with Crippen molar-refractivity contribution in [1.82, 2.24) is 0 Å². The van der Waals surface area contributed by atoms with E-state index < -0.39 is 6.10 Å². The molecular weight excluding hydrogens is 291 g/mol. The van der Waals surface area contributed by atoms with Crippen LogP contribution < -0.4 is 0 Å². The summed E-state index contributed by atoms with van der Waals surface area (Å²) in [4.78, 5) is 0. The average Bonchev–Trinajstić information content (AvgIpc) is 2.38. The molecule has 1 nitrogen and oxygen atoms in total. The summed E-state index contributed by atoms with van der Waals surface area (Å²) in [7, 11) is 0. The van der Waals surface area contributed by atoms with Crippen LogP contribution in [0.25, 0.3) is 0 Å². The Hall–Kier alpha value is -1.02. The molecule has 106 valence electrons. The Morgan fingerprint density at radius 1 is 0.900 bits per heavy atom. The van der Waals surface area contributed by atoms with Crippen LogP contribution in [-0.4, -0.2) is 5.11 Å². The van der Waals surface area contributed by atoms with Crippen molar-refractivity contribution in [2.75, 3.05) is 0 Å². The van der Waals surface area contributed by atoms with Crippen LogP contribution in [-0.2, 0) is 6.42 Å². The van der Waals surface area contributed by atoms with Gasteiger partial charge in [0.05, 0.1) is 6.10 Å². The second-order valence-corrected chi connectivity index (χ2v) is 6.19. The zero-order valence-electron chi connectivity index (χ0n) is 11.6. The van der Waals surface area contributed by atoms with Crippen molar-refractivity contribution < 1.29 is 5.11 Å². The summed E-state index contributed by atoms with van der Waals surface area (Å²) in [5.41, 5.74) is 3.14. The monoisotopic (exact) mass is 308 g/mol. The summed E-state index contributed by atoms with van der Waals surface area (Å²) in [5, 5.41) is 11.4. The third-order valence-corrected chi connectivity index (χ3v) is 3.78. The normalized spacial score (nSPS) is 12.7. The molecule has 0 saturated heterocycles. The summed E-state index contributed by atoms with van der Waals surface area (Å²) in [6.07, 6.45) is -0.0502. The largest absolute Gasteiger partial charge is 0.388 e. The minimum atomic E-state index is -0.601. The van der Waals surface area contributed by atoms with Crippen LogP contribution in [0.15, 0.2) is 42.5 Å². The summed E-state index contributed by atoms with van der Waals surface area (Å²) in [6.45, 7) is 4.33. The van der Waals surface area contributed by atoms with Crippen molar-refractivity contribution in [3.8, 4) is 0 Å². The Morgan fingerprint density at radius 3 is 1.95 bits per heavy atom. The molecule has 0 saturated carbocycles. The Balaban J connectivity index is 2.12. The molecule has 0 aliphatic carbocycles. The molecule has 1 unspecified atom stereocenters. The van der Waals surface area contributed by atoms with Gasteiger partial charge in [-0.05, 0) is 40.8 Å². The average molecular weight is 309 g/mol. The summed E-state index contributed by atoms with van der Waals surface area (Å²) >= 11 is 11.9. The first-order valence-electron chi connectivity index (χ1n) is 6.68. The SMILES string of the molecule is CC(C)c1ccc(CC(O)c2cc(Cl)cc(Cl)c2)cc1. The number of benzene rings is 2. The van der Waals surface area contributed by atoms with Gasteiger partial charge in [0.1, 0.15) is 0 Å². The van der Waals surface area contributed by atoms with E-state index in [1.807, 2.05) is 0 Å². The quantitative estimate of drug-likeness (QED) is 0.802. The zero-order valence-corrected chi connectivity index (χ0v) is 13.1. The van der Waals surface area contributed by atoms with Crippen LogP contribution in [0, 0.1) is 0 Å². The third-order valence-electron chi connectivity index (χ3n) is 3.35. The van der Waals surface area contributed by atoms with Crippen molar-refractivity contribution in [2.45, 2.75) is 32.3 Å². The van der Waals surface area contributed by atoms with Crippen LogP contribution in [0.3, 0.4) is 0 Å². The molecule has 0 heterocycles. The minimum Gasteiger partial charge on any atom is -0.388 e. The van der Waals surface area contributed by atoms with Crippen molar-refractivity contribution in [3.63, 3.8) is 0 Å². The molecule has 2 rings (SSSR count). The van der Waals surface area contributed by atoms with Gasteiger partial charge in [-0.1, -0.05) is 61.3 Å². The zero-order chi connectivity index (χ0) is 14.7. The smallest absolute Gasteiger partial charge is 0.0831 e. The van der Waals surface area contributed by atoms with E-state index in [1.165, 1.54) is 5.56 Å². The first-order valence-corrected chi connectivity index (χ1v) is 7.44. The molecule has 3 heteroatoms. The van der Waals surface area contributed by atoms with E-state index in [-0.39, 0.29) is 0 Å². The maximum absolute atomic E-state index is 10.3. The maximum atomic E-state index is 10.3. The Kier molecular flexibility index (Phi) is 5.09. The number of aliphatic hydroxyl groups is 1. The molecule has 0 aliphatic rings. The molecule has 0 spiro atoms. The van der Waals surface area contributed by atoms with Crippen molar-refractivity contribution >= 4 is 23.2 Å². The lowest BCUT2D eigenvalue weighted by Gasteiger charge is -2.13. The summed E-state index contributed by atoms with van der Waals surface area (Å²) in [5.74, 6) is 0.515. The maximum Gasteiger partial charge on any atom is 0.0831 e. The predicted molar refractivity (Wildman–Crippen MR) is 85.7 cm³/mol. The van der Waals surface area contributed by atoms with Crippen LogP contribution in [0.1, 0.15) is 42.6 Å². The summed E-state index contributed by atoms with van der Waals surface area (Å²) in [6, 6.07) is 13.5. The van der Waals surface area contributed by atoms with E-state index in [9.17, 15) is 5.11 Å². The van der Waals surface area contributed by atoms with Gasteiger partial charge in [-0.2, -0.15) is 0 Å². The molecular formula is C17H18Cl2O. The highest BCUT2D eigenvalue weighted by Crippen LogP contribution is 2.26. The van der Waals surface area contributed by atoms with Crippen LogP contribution in [0.2, 0.25) is 10.0 Å². The van der Waals surface area contributed by atoms with Gasteiger partial charge in [0.15, 0.2) is 0 Å². The van der Waals surface area contributed by atoms with Gasteiger partial charge in [0, 0.05) is 16.5 Å². The minimum absolute atomic E-state index is 0.515. The molecule has 2 aromatic carbocycles. The molecule has 2 aromatic rings. The number of rotatable bonds is 4. The molecule has 20 heavy (non-hydrogen) atoms. The standard InChI is InChI=1S/C17H18Cl2O/c1-11(2)13-5-3-12(4-6-13)7-17(20)14-8-15(18)10-16(19)9-14/h3-6,8-11,17,20H,7H2,1-2H3. The van der Waals surface area contributed by atoms with Gasteiger partial charge >= 0.3 is 0 Å². The molecule has 1 atom stereocenters. The fourth-order valence-electron chi connectivity index (χ4n) is 2.15. The molecule has 0 aromatic heterocycles. The highest BCUT2D eigenvalue weighted by atomic mass is 35.5. The Morgan fingerprint density at radius 2 is 1.45 bits per heavy atom. The lowest BCUT2D eigenvalue weighted by Crippen LogP contribution is -2.02. The molecule has 0 amide bonds. The van der Waals surface area contributed by atoms with Gasteiger partial charge < -0.3 is 5.11 Å². The van der Waals surface area contributed by atoms with E-state index in [4.69, 9.17) is 23.2 Å². The van der Waals surface area contributed by atoms with Crippen molar-refractivity contribution in [2.24, 2.45) is 0 Å². The second kappa shape index (κ2) is 6.62.